The molecular weight excluding hydrogens is 298 g/mol. The predicted molar refractivity (Wildman–Crippen MR) is 82.1 cm³/mol. The summed E-state index contributed by atoms with van der Waals surface area (Å²) in [5.41, 5.74) is 0.319. The van der Waals surface area contributed by atoms with Gasteiger partial charge < -0.3 is 10.4 Å². The van der Waals surface area contributed by atoms with Crippen molar-refractivity contribution in [1.82, 2.24) is 5.32 Å². The van der Waals surface area contributed by atoms with Gasteiger partial charge in [-0.1, -0.05) is 23.7 Å². The molecule has 0 saturated heterocycles. The Balaban J connectivity index is 2.35. The molecule has 0 fully saturated rings. The fourth-order valence-corrected chi connectivity index (χ4v) is 2.71. The number of amides is 1. The van der Waals surface area contributed by atoms with Crippen LogP contribution in [0.2, 0.25) is 5.02 Å². The van der Waals surface area contributed by atoms with Crippen LogP contribution in [0.15, 0.2) is 24.3 Å². The summed E-state index contributed by atoms with van der Waals surface area (Å²) in [5.74, 6) is -0.117. The van der Waals surface area contributed by atoms with E-state index in [0.29, 0.717) is 10.8 Å². The zero-order chi connectivity index (χ0) is 15.2. The summed E-state index contributed by atoms with van der Waals surface area (Å²) in [5, 5.41) is 12.1. The molecule has 0 aliphatic heterocycles. The molecule has 4 nitrogen and oxygen atoms in total. The van der Waals surface area contributed by atoms with Crippen LogP contribution in [-0.4, -0.2) is 28.3 Å². The van der Waals surface area contributed by atoms with Crippen molar-refractivity contribution in [3.63, 3.8) is 0 Å². The van der Waals surface area contributed by atoms with Crippen LogP contribution in [0, 0.1) is 0 Å². The molecule has 0 aromatic heterocycles. The standard InChI is InChI=1S/C14H18ClNO3S/c1-14(2,7-13(18)19)16-12(17)9-20-8-10-4-3-5-11(15)6-10/h3-6H,7-9H2,1-2H3,(H,16,17)(H,18,19). The van der Waals surface area contributed by atoms with Gasteiger partial charge >= 0.3 is 5.97 Å². The Morgan fingerprint density at radius 1 is 1.40 bits per heavy atom. The summed E-state index contributed by atoms with van der Waals surface area (Å²) < 4.78 is 0. The molecule has 0 bridgehead atoms. The fourth-order valence-electron chi connectivity index (χ4n) is 1.72. The summed E-state index contributed by atoms with van der Waals surface area (Å²) in [6.07, 6.45) is -0.0995. The van der Waals surface area contributed by atoms with Gasteiger partial charge in [-0.25, -0.2) is 0 Å². The third-order valence-corrected chi connectivity index (χ3v) is 3.70. The highest BCUT2D eigenvalue weighted by Gasteiger charge is 2.23. The highest BCUT2D eigenvalue weighted by atomic mass is 35.5. The predicted octanol–water partition coefficient (Wildman–Crippen LogP) is 2.94. The first kappa shape index (κ1) is 16.9. The maximum absolute atomic E-state index is 11.7. The second-order valence-electron chi connectivity index (χ2n) is 5.13. The molecule has 20 heavy (non-hydrogen) atoms. The number of aliphatic carboxylic acids is 1. The van der Waals surface area contributed by atoms with Crippen molar-refractivity contribution < 1.29 is 14.7 Å². The molecule has 1 aromatic rings. The number of carbonyl (C=O) groups is 2. The molecule has 0 unspecified atom stereocenters. The number of hydrogen-bond acceptors (Lipinski definition) is 3. The average molecular weight is 316 g/mol. The summed E-state index contributed by atoms with van der Waals surface area (Å²) in [6.45, 7) is 3.39. The van der Waals surface area contributed by atoms with Crippen LogP contribution < -0.4 is 5.32 Å². The van der Waals surface area contributed by atoms with Gasteiger partial charge in [-0.15, -0.1) is 11.8 Å². The maximum atomic E-state index is 11.7. The van der Waals surface area contributed by atoms with E-state index in [-0.39, 0.29) is 18.1 Å². The molecule has 1 amide bonds. The minimum Gasteiger partial charge on any atom is -0.481 e. The van der Waals surface area contributed by atoms with Crippen LogP contribution in [0.25, 0.3) is 0 Å². The molecule has 0 aliphatic rings. The third-order valence-electron chi connectivity index (χ3n) is 2.46. The van der Waals surface area contributed by atoms with Crippen LogP contribution in [0.4, 0.5) is 0 Å². The Morgan fingerprint density at radius 2 is 2.10 bits per heavy atom. The number of carboxylic acid groups (broad SMARTS) is 1. The Morgan fingerprint density at radius 3 is 2.70 bits per heavy atom. The first-order chi connectivity index (χ1) is 9.28. The van der Waals surface area contributed by atoms with Gasteiger partial charge in [0.25, 0.3) is 0 Å². The molecule has 1 aromatic carbocycles. The number of nitrogens with one attached hydrogen (secondary N) is 1. The molecule has 0 aliphatic carbocycles. The molecule has 6 heteroatoms. The third kappa shape index (κ3) is 6.82. The minimum absolute atomic E-state index is 0.0995. The van der Waals surface area contributed by atoms with E-state index >= 15 is 0 Å². The van der Waals surface area contributed by atoms with E-state index in [1.807, 2.05) is 18.2 Å². The smallest absolute Gasteiger partial charge is 0.305 e. The first-order valence-electron chi connectivity index (χ1n) is 6.13. The highest BCUT2D eigenvalue weighted by molar-refractivity contribution is 7.99. The number of carbonyl (C=O) groups excluding carboxylic acids is 1. The molecule has 0 atom stereocenters. The lowest BCUT2D eigenvalue weighted by atomic mass is 10.0. The number of benzene rings is 1. The molecule has 0 heterocycles. The van der Waals surface area contributed by atoms with Gasteiger partial charge in [0.15, 0.2) is 0 Å². The van der Waals surface area contributed by atoms with Crippen molar-refractivity contribution in [3.05, 3.63) is 34.9 Å². The topological polar surface area (TPSA) is 66.4 Å². The van der Waals surface area contributed by atoms with Crippen LogP contribution in [0.3, 0.4) is 0 Å². The molecule has 0 spiro atoms. The van der Waals surface area contributed by atoms with Gasteiger partial charge in [0.05, 0.1) is 12.2 Å². The number of thioether (sulfide) groups is 1. The normalized spacial score (nSPS) is 11.2. The lowest BCUT2D eigenvalue weighted by molar-refractivity contribution is -0.138. The van der Waals surface area contributed by atoms with Gasteiger partial charge in [-0.3, -0.25) is 9.59 Å². The second kappa shape index (κ2) is 7.55. The van der Waals surface area contributed by atoms with Crippen molar-refractivity contribution in [2.24, 2.45) is 0 Å². The lowest BCUT2D eigenvalue weighted by Gasteiger charge is -2.24. The van der Waals surface area contributed by atoms with E-state index in [1.165, 1.54) is 11.8 Å². The van der Waals surface area contributed by atoms with Gasteiger partial charge in [0.1, 0.15) is 0 Å². The van der Waals surface area contributed by atoms with Gasteiger partial charge in [-0.2, -0.15) is 0 Å². The molecule has 2 N–H and O–H groups in total. The van der Waals surface area contributed by atoms with Gasteiger partial charge in [0.2, 0.25) is 5.91 Å². The Labute approximate surface area is 127 Å². The summed E-state index contributed by atoms with van der Waals surface area (Å²) in [4.78, 5) is 22.4. The SMILES string of the molecule is CC(C)(CC(=O)O)NC(=O)CSCc1cccc(Cl)c1. The monoisotopic (exact) mass is 315 g/mol. The van der Waals surface area contributed by atoms with Crippen molar-refractivity contribution in [2.75, 3.05) is 5.75 Å². The lowest BCUT2D eigenvalue weighted by Crippen LogP contribution is -2.45. The quantitative estimate of drug-likeness (QED) is 0.812. The maximum Gasteiger partial charge on any atom is 0.305 e. The van der Waals surface area contributed by atoms with Crippen LogP contribution in [0.5, 0.6) is 0 Å². The van der Waals surface area contributed by atoms with Gasteiger partial charge in [-0.05, 0) is 31.5 Å². The number of rotatable bonds is 7. The van der Waals surface area contributed by atoms with E-state index in [1.54, 1.807) is 19.9 Å². The number of carboxylic acids is 1. The molecule has 0 radical (unpaired) electrons. The highest BCUT2D eigenvalue weighted by Crippen LogP contribution is 2.17. The summed E-state index contributed by atoms with van der Waals surface area (Å²) >= 11 is 7.34. The van der Waals surface area contributed by atoms with Crippen LogP contribution >= 0.6 is 23.4 Å². The van der Waals surface area contributed by atoms with E-state index in [2.05, 4.69) is 5.32 Å². The van der Waals surface area contributed by atoms with Gasteiger partial charge in [0, 0.05) is 16.3 Å². The first-order valence-corrected chi connectivity index (χ1v) is 7.67. The average Bonchev–Trinajstić information content (AvgIpc) is 2.26. The molecule has 1 rings (SSSR count). The summed E-state index contributed by atoms with van der Waals surface area (Å²) in [6, 6.07) is 7.48. The largest absolute Gasteiger partial charge is 0.481 e. The summed E-state index contributed by atoms with van der Waals surface area (Å²) in [7, 11) is 0. The van der Waals surface area contributed by atoms with Crippen molar-refractivity contribution in [1.29, 1.82) is 0 Å². The van der Waals surface area contributed by atoms with Crippen molar-refractivity contribution in [3.8, 4) is 0 Å². The van der Waals surface area contributed by atoms with Crippen molar-refractivity contribution >= 4 is 35.2 Å². The van der Waals surface area contributed by atoms with Crippen LogP contribution in [-0.2, 0) is 15.3 Å². The molecule has 0 saturated carbocycles. The molecular formula is C14H18ClNO3S. The Kier molecular flexibility index (Phi) is 6.36. The molecule has 110 valence electrons. The van der Waals surface area contributed by atoms with Crippen LogP contribution in [0.1, 0.15) is 25.8 Å². The van der Waals surface area contributed by atoms with E-state index in [0.717, 1.165) is 5.56 Å². The number of hydrogen-bond donors (Lipinski definition) is 2. The van der Waals surface area contributed by atoms with E-state index in [4.69, 9.17) is 16.7 Å². The van der Waals surface area contributed by atoms with Crippen molar-refractivity contribution in [2.45, 2.75) is 31.6 Å². The van der Waals surface area contributed by atoms with E-state index < -0.39 is 11.5 Å². The van der Waals surface area contributed by atoms with E-state index in [9.17, 15) is 9.59 Å². The Bertz CT molecular complexity index is 491. The second-order valence-corrected chi connectivity index (χ2v) is 6.55. The minimum atomic E-state index is -0.929. The zero-order valence-electron chi connectivity index (χ0n) is 11.5. The zero-order valence-corrected chi connectivity index (χ0v) is 13.1. The Hall–Kier alpha value is -1.20. The fraction of sp³-hybridized carbons (Fsp3) is 0.429. The number of halogens is 1.